The van der Waals surface area contributed by atoms with Crippen molar-refractivity contribution in [2.45, 2.75) is 6.54 Å². The fourth-order valence-corrected chi connectivity index (χ4v) is 2.42. The SMILES string of the molecule is COc1ccc(Nc2nc3c(c(=O)[nH]c(=O)n3C)n2CC(=O)O)cc1. The van der Waals surface area contributed by atoms with E-state index in [1.54, 1.807) is 31.4 Å². The number of nitrogens with one attached hydrogen (secondary N) is 2. The van der Waals surface area contributed by atoms with Gasteiger partial charge in [-0.2, -0.15) is 4.98 Å². The van der Waals surface area contributed by atoms with Crippen LogP contribution < -0.4 is 21.3 Å². The Bertz CT molecular complexity index is 1060. The average molecular weight is 345 g/mol. The van der Waals surface area contributed by atoms with Crippen LogP contribution in [0.3, 0.4) is 0 Å². The summed E-state index contributed by atoms with van der Waals surface area (Å²) in [6.07, 6.45) is 0. The number of H-pyrrole nitrogens is 1. The fourth-order valence-electron chi connectivity index (χ4n) is 2.42. The molecule has 0 amide bonds. The zero-order chi connectivity index (χ0) is 18.1. The maximum absolute atomic E-state index is 12.1. The third-order valence-corrected chi connectivity index (χ3v) is 3.65. The van der Waals surface area contributed by atoms with Crippen molar-refractivity contribution < 1.29 is 14.6 Å². The van der Waals surface area contributed by atoms with Crippen LogP contribution in [-0.2, 0) is 18.4 Å². The molecule has 0 atom stereocenters. The van der Waals surface area contributed by atoms with Crippen molar-refractivity contribution in [1.29, 1.82) is 0 Å². The monoisotopic (exact) mass is 345 g/mol. The number of carbonyl (C=O) groups is 1. The van der Waals surface area contributed by atoms with Gasteiger partial charge in [0, 0.05) is 12.7 Å². The van der Waals surface area contributed by atoms with E-state index in [1.165, 1.54) is 11.6 Å². The molecule has 0 fully saturated rings. The molecule has 0 saturated heterocycles. The van der Waals surface area contributed by atoms with Crippen molar-refractivity contribution >= 4 is 28.8 Å². The van der Waals surface area contributed by atoms with Crippen LogP contribution in [-0.4, -0.2) is 37.3 Å². The van der Waals surface area contributed by atoms with Crippen LogP contribution in [0, 0.1) is 0 Å². The largest absolute Gasteiger partial charge is 0.497 e. The molecule has 0 saturated carbocycles. The van der Waals surface area contributed by atoms with Crippen molar-refractivity contribution in [3.63, 3.8) is 0 Å². The number of anilines is 2. The highest BCUT2D eigenvalue weighted by Crippen LogP contribution is 2.22. The third-order valence-electron chi connectivity index (χ3n) is 3.65. The minimum Gasteiger partial charge on any atom is -0.497 e. The van der Waals surface area contributed by atoms with Gasteiger partial charge in [-0.05, 0) is 24.3 Å². The molecular formula is C15H15N5O5. The number of hydrogen-bond donors (Lipinski definition) is 3. The number of hydrogen-bond acceptors (Lipinski definition) is 6. The summed E-state index contributed by atoms with van der Waals surface area (Å²) in [4.78, 5) is 41.4. The Morgan fingerprint density at radius 2 is 2.00 bits per heavy atom. The van der Waals surface area contributed by atoms with E-state index in [2.05, 4.69) is 15.3 Å². The lowest BCUT2D eigenvalue weighted by Crippen LogP contribution is -2.29. The average Bonchev–Trinajstić information content (AvgIpc) is 2.92. The minimum atomic E-state index is -1.15. The fraction of sp³-hybridized carbons (Fsp3) is 0.200. The molecule has 3 N–H and O–H groups in total. The number of aryl methyl sites for hydroxylation is 1. The number of ether oxygens (including phenoxy) is 1. The van der Waals surface area contributed by atoms with Gasteiger partial charge >= 0.3 is 11.7 Å². The topological polar surface area (TPSA) is 131 Å². The van der Waals surface area contributed by atoms with E-state index in [4.69, 9.17) is 9.84 Å². The quantitative estimate of drug-likeness (QED) is 0.604. The molecule has 3 rings (SSSR count). The Morgan fingerprint density at radius 3 is 2.60 bits per heavy atom. The van der Waals surface area contributed by atoms with E-state index < -0.39 is 23.8 Å². The zero-order valence-electron chi connectivity index (χ0n) is 13.4. The highest BCUT2D eigenvalue weighted by Gasteiger charge is 2.19. The van der Waals surface area contributed by atoms with Gasteiger partial charge in [0.15, 0.2) is 11.2 Å². The summed E-state index contributed by atoms with van der Waals surface area (Å²) in [6, 6.07) is 6.86. The van der Waals surface area contributed by atoms with Crippen molar-refractivity contribution in [3.8, 4) is 5.75 Å². The number of rotatable bonds is 5. The lowest BCUT2D eigenvalue weighted by Gasteiger charge is -2.09. The van der Waals surface area contributed by atoms with E-state index in [9.17, 15) is 14.4 Å². The molecule has 0 aliphatic rings. The number of aromatic nitrogens is 4. The lowest BCUT2D eigenvalue weighted by molar-refractivity contribution is -0.137. The van der Waals surface area contributed by atoms with Gasteiger partial charge in [0.05, 0.1) is 7.11 Å². The molecule has 25 heavy (non-hydrogen) atoms. The van der Waals surface area contributed by atoms with Gasteiger partial charge in [-0.15, -0.1) is 0 Å². The van der Waals surface area contributed by atoms with Crippen LogP contribution in [0.2, 0.25) is 0 Å². The molecule has 1 aromatic carbocycles. The van der Waals surface area contributed by atoms with Gasteiger partial charge in [-0.3, -0.25) is 23.7 Å². The first-order valence-electron chi connectivity index (χ1n) is 7.23. The van der Waals surface area contributed by atoms with Crippen molar-refractivity contribution in [2.75, 3.05) is 12.4 Å². The van der Waals surface area contributed by atoms with Crippen molar-refractivity contribution in [3.05, 3.63) is 45.1 Å². The highest BCUT2D eigenvalue weighted by molar-refractivity contribution is 5.78. The van der Waals surface area contributed by atoms with Crippen LogP contribution in [0.5, 0.6) is 5.75 Å². The van der Waals surface area contributed by atoms with Gasteiger partial charge in [-0.25, -0.2) is 4.79 Å². The first kappa shape index (κ1) is 16.3. The first-order valence-corrected chi connectivity index (χ1v) is 7.23. The maximum Gasteiger partial charge on any atom is 0.329 e. The molecule has 10 heteroatoms. The zero-order valence-corrected chi connectivity index (χ0v) is 13.4. The number of benzene rings is 1. The lowest BCUT2D eigenvalue weighted by atomic mass is 10.3. The van der Waals surface area contributed by atoms with E-state index >= 15 is 0 Å². The van der Waals surface area contributed by atoms with E-state index in [-0.39, 0.29) is 17.1 Å². The highest BCUT2D eigenvalue weighted by atomic mass is 16.5. The number of imidazole rings is 1. The summed E-state index contributed by atoms with van der Waals surface area (Å²) in [6.45, 7) is -0.490. The number of methoxy groups -OCH3 is 1. The molecule has 0 spiro atoms. The Morgan fingerprint density at radius 1 is 1.32 bits per heavy atom. The second kappa shape index (κ2) is 6.15. The van der Waals surface area contributed by atoms with Crippen LogP contribution in [0.15, 0.2) is 33.9 Å². The standard InChI is InChI=1S/C15H15N5O5/c1-19-12-11(13(23)18-15(19)24)20(7-10(21)22)14(17-12)16-8-3-5-9(25-2)6-4-8/h3-6H,7H2,1-2H3,(H,16,17)(H,21,22)(H,18,23,24). The second-order valence-electron chi connectivity index (χ2n) is 5.26. The second-order valence-corrected chi connectivity index (χ2v) is 5.26. The van der Waals surface area contributed by atoms with Gasteiger partial charge in [0.25, 0.3) is 5.56 Å². The van der Waals surface area contributed by atoms with E-state index in [0.29, 0.717) is 11.4 Å². The van der Waals surface area contributed by atoms with Crippen molar-refractivity contribution in [1.82, 2.24) is 19.1 Å². The summed E-state index contributed by atoms with van der Waals surface area (Å²) in [5.74, 6) is -0.358. The molecule has 0 unspecified atom stereocenters. The molecule has 10 nitrogen and oxygen atoms in total. The Labute approximate surface area is 140 Å². The van der Waals surface area contributed by atoms with Gasteiger partial charge in [0.1, 0.15) is 12.3 Å². The minimum absolute atomic E-state index is 0.000474. The number of aliphatic carboxylic acids is 1. The van der Waals surface area contributed by atoms with Crippen LogP contribution in [0.25, 0.3) is 11.2 Å². The summed E-state index contributed by atoms with van der Waals surface area (Å²) in [7, 11) is 2.98. The molecule has 0 aliphatic carbocycles. The molecule has 0 bridgehead atoms. The summed E-state index contributed by atoms with van der Waals surface area (Å²) in [5.41, 5.74) is -0.626. The Balaban J connectivity index is 2.17. The number of aromatic amines is 1. The van der Waals surface area contributed by atoms with Crippen LogP contribution >= 0.6 is 0 Å². The van der Waals surface area contributed by atoms with E-state index in [0.717, 1.165) is 4.57 Å². The molecular weight excluding hydrogens is 330 g/mol. The van der Waals surface area contributed by atoms with Gasteiger partial charge < -0.3 is 15.2 Å². The first-order chi connectivity index (χ1) is 11.9. The predicted molar refractivity (Wildman–Crippen MR) is 89.5 cm³/mol. The molecule has 0 radical (unpaired) electrons. The van der Waals surface area contributed by atoms with Gasteiger partial charge in [-0.1, -0.05) is 0 Å². The van der Waals surface area contributed by atoms with Gasteiger partial charge in [0.2, 0.25) is 5.95 Å². The van der Waals surface area contributed by atoms with Crippen molar-refractivity contribution in [2.24, 2.45) is 7.05 Å². The maximum atomic E-state index is 12.1. The molecule has 3 aromatic rings. The van der Waals surface area contributed by atoms with Crippen LogP contribution in [0.1, 0.15) is 0 Å². The van der Waals surface area contributed by atoms with Crippen LogP contribution in [0.4, 0.5) is 11.6 Å². The normalized spacial score (nSPS) is 10.8. The summed E-state index contributed by atoms with van der Waals surface area (Å²) in [5, 5.41) is 12.1. The number of carboxylic acid groups (broad SMARTS) is 1. The predicted octanol–water partition coefficient (Wildman–Crippen LogP) is 0.260. The molecule has 130 valence electrons. The Hall–Kier alpha value is -3.56. The van der Waals surface area contributed by atoms with E-state index in [1.807, 2.05) is 0 Å². The third kappa shape index (κ3) is 2.96. The Kier molecular flexibility index (Phi) is 4.01. The molecule has 0 aliphatic heterocycles. The number of nitrogens with zero attached hydrogens (tertiary/aromatic N) is 3. The molecule has 2 heterocycles. The molecule has 2 aromatic heterocycles. The smallest absolute Gasteiger partial charge is 0.329 e. The number of fused-ring (bicyclic) bond motifs is 1. The summed E-state index contributed by atoms with van der Waals surface area (Å²) < 4.78 is 7.43. The summed E-state index contributed by atoms with van der Waals surface area (Å²) >= 11 is 0. The number of carboxylic acids is 1.